The van der Waals surface area contributed by atoms with E-state index in [0.29, 0.717) is 23.5 Å². The fraction of sp³-hybridized carbons (Fsp3) is 0.462. The number of nitrogens with zero attached hydrogens (tertiary/aromatic N) is 3. The van der Waals surface area contributed by atoms with Gasteiger partial charge in [0.25, 0.3) is 0 Å². The summed E-state index contributed by atoms with van der Waals surface area (Å²) in [4.78, 5) is 28.7. The van der Waals surface area contributed by atoms with E-state index in [1.165, 1.54) is 0 Å². The molecule has 2 aromatic rings. The molecule has 0 aromatic heterocycles. The van der Waals surface area contributed by atoms with E-state index in [2.05, 4.69) is 4.90 Å². The van der Waals surface area contributed by atoms with Crippen LogP contribution < -0.4 is 0 Å². The Morgan fingerprint density at radius 2 is 1.35 bits per heavy atom. The summed E-state index contributed by atoms with van der Waals surface area (Å²) in [5, 5.41) is 0. The molecule has 2 aromatic carbocycles. The van der Waals surface area contributed by atoms with E-state index in [1.54, 1.807) is 35.5 Å². The maximum Gasteiger partial charge on any atom is 0.243 e. The number of Topliss-reactive ketones (excluding diaryl/α,β-unsaturated/α-hetero) is 1. The highest BCUT2D eigenvalue weighted by Crippen LogP contribution is 2.21. The van der Waals surface area contributed by atoms with E-state index in [1.807, 2.05) is 29.2 Å². The van der Waals surface area contributed by atoms with Crippen LogP contribution >= 0.6 is 0 Å². The van der Waals surface area contributed by atoms with Gasteiger partial charge < -0.3 is 4.90 Å². The van der Waals surface area contributed by atoms with Crippen molar-refractivity contribution in [1.82, 2.24) is 14.1 Å². The first-order valence-electron chi connectivity index (χ1n) is 12.0. The fourth-order valence-electron chi connectivity index (χ4n) is 4.60. The van der Waals surface area contributed by atoms with Crippen molar-refractivity contribution in [2.75, 3.05) is 39.3 Å². The van der Waals surface area contributed by atoms with Gasteiger partial charge in [-0.3, -0.25) is 14.5 Å². The second-order valence-corrected chi connectivity index (χ2v) is 11.1. The van der Waals surface area contributed by atoms with Gasteiger partial charge in [0.05, 0.1) is 4.90 Å². The SMILES string of the molecule is CC(=O)N1CCN(Cc2ccc(C(=O)Cc3ccc(S(=O)(=O)N4CCCCC4)cc3)cc2)CC1. The molecule has 2 aliphatic rings. The smallest absolute Gasteiger partial charge is 0.243 e. The average molecular weight is 484 g/mol. The van der Waals surface area contributed by atoms with Gasteiger partial charge in [-0.05, 0) is 36.1 Å². The second kappa shape index (κ2) is 10.8. The number of ketones is 1. The van der Waals surface area contributed by atoms with Crippen molar-refractivity contribution in [2.24, 2.45) is 0 Å². The molecule has 0 aliphatic carbocycles. The molecule has 0 saturated carbocycles. The molecular formula is C26H33N3O4S. The van der Waals surface area contributed by atoms with Crippen molar-refractivity contribution in [3.63, 3.8) is 0 Å². The van der Waals surface area contributed by atoms with E-state index in [0.717, 1.165) is 63.1 Å². The Hall–Kier alpha value is -2.55. The van der Waals surface area contributed by atoms with Crippen molar-refractivity contribution in [2.45, 2.75) is 44.0 Å². The summed E-state index contributed by atoms with van der Waals surface area (Å²) in [6, 6.07) is 14.4. The number of amides is 1. The van der Waals surface area contributed by atoms with Crippen LogP contribution in [0.5, 0.6) is 0 Å². The van der Waals surface area contributed by atoms with Gasteiger partial charge in [-0.25, -0.2) is 8.42 Å². The van der Waals surface area contributed by atoms with Gasteiger partial charge in [-0.2, -0.15) is 4.31 Å². The lowest BCUT2D eigenvalue weighted by molar-refractivity contribution is -0.130. The fourth-order valence-corrected chi connectivity index (χ4v) is 6.11. The summed E-state index contributed by atoms with van der Waals surface area (Å²) < 4.78 is 27.2. The van der Waals surface area contributed by atoms with E-state index < -0.39 is 10.0 Å². The summed E-state index contributed by atoms with van der Waals surface area (Å²) in [5.41, 5.74) is 2.59. The number of rotatable bonds is 7. The predicted octanol–water partition coefficient (Wildman–Crippen LogP) is 2.95. The molecule has 0 radical (unpaired) electrons. The van der Waals surface area contributed by atoms with Crippen LogP contribution in [0.15, 0.2) is 53.4 Å². The maximum atomic E-state index is 12.8. The predicted molar refractivity (Wildman–Crippen MR) is 131 cm³/mol. The highest BCUT2D eigenvalue weighted by molar-refractivity contribution is 7.89. The third-order valence-corrected chi connectivity index (χ3v) is 8.65. The van der Waals surface area contributed by atoms with Crippen LogP contribution in [0.1, 0.15) is 47.7 Å². The largest absolute Gasteiger partial charge is 0.340 e. The van der Waals surface area contributed by atoms with Crippen LogP contribution in [0.3, 0.4) is 0 Å². The minimum atomic E-state index is -3.46. The van der Waals surface area contributed by atoms with Crippen LogP contribution in [0, 0.1) is 0 Å². The summed E-state index contributed by atoms with van der Waals surface area (Å²) in [7, 11) is -3.46. The monoisotopic (exact) mass is 483 g/mol. The van der Waals surface area contributed by atoms with Gasteiger partial charge in [0, 0.05) is 64.7 Å². The Morgan fingerprint density at radius 1 is 0.765 bits per heavy atom. The molecule has 2 saturated heterocycles. The Labute approximate surface area is 202 Å². The molecule has 7 nitrogen and oxygen atoms in total. The molecule has 34 heavy (non-hydrogen) atoms. The first-order valence-corrected chi connectivity index (χ1v) is 13.5. The Morgan fingerprint density at radius 3 is 1.94 bits per heavy atom. The van der Waals surface area contributed by atoms with Gasteiger partial charge in [0.2, 0.25) is 15.9 Å². The number of carbonyl (C=O) groups is 2. The highest BCUT2D eigenvalue weighted by atomic mass is 32.2. The zero-order valence-corrected chi connectivity index (χ0v) is 20.6. The normalized spacial score (nSPS) is 18.1. The van der Waals surface area contributed by atoms with Gasteiger partial charge >= 0.3 is 0 Å². The van der Waals surface area contributed by atoms with E-state index >= 15 is 0 Å². The molecule has 4 rings (SSSR count). The van der Waals surface area contributed by atoms with E-state index in [4.69, 9.17) is 0 Å². The molecule has 0 spiro atoms. The van der Waals surface area contributed by atoms with Crippen LogP contribution in [-0.4, -0.2) is 73.5 Å². The van der Waals surface area contributed by atoms with Gasteiger partial charge in [0.15, 0.2) is 5.78 Å². The molecule has 8 heteroatoms. The number of hydrogen-bond acceptors (Lipinski definition) is 5. The molecule has 0 bridgehead atoms. The second-order valence-electron chi connectivity index (χ2n) is 9.19. The molecule has 0 unspecified atom stereocenters. The summed E-state index contributed by atoms with van der Waals surface area (Å²) >= 11 is 0. The molecule has 0 atom stereocenters. The molecule has 0 N–H and O–H groups in total. The third-order valence-electron chi connectivity index (χ3n) is 6.74. The molecule has 1 amide bonds. The number of piperidine rings is 1. The Bertz CT molecular complexity index is 1100. The number of carbonyl (C=O) groups excluding carboxylic acids is 2. The standard InChI is InChI=1S/C26H33N3O4S/c1-21(30)28-17-15-27(16-18-28)20-23-5-9-24(10-6-23)26(31)19-22-7-11-25(12-8-22)34(32,33)29-13-3-2-4-14-29/h5-12H,2-4,13-20H2,1H3. The number of piperazine rings is 1. The lowest BCUT2D eigenvalue weighted by Gasteiger charge is -2.34. The minimum absolute atomic E-state index is 0.00765. The summed E-state index contributed by atoms with van der Waals surface area (Å²) in [5.74, 6) is 0.133. The molecule has 2 aliphatic heterocycles. The molecule has 2 heterocycles. The first-order chi connectivity index (χ1) is 16.3. The number of sulfonamides is 1. The molecule has 182 valence electrons. The topological polar surface area (TPSA) is 78.0 Å². The van der Waals surface area contributed by atoms with Crippen molar-refractivity contribution < 1.29 is 18.0 Å². The number of benzene rings is 2. The van der Waals surface area contributed by atoms with Crippen molar-refractivity contribution >= 4 is 21.7 Å². The van der Waals surface area contributed by atoms with Crippen LogP contribution in [0.4, 0.5) is 0 Å². The van der Waals surface area contributed by atoms with Gasteiger partial charge in [0.1, 0.15) is 0 Å². The van der Waals surface area contributed by atoms with Crippen LogP contribution in [0.2, 0.25) is 0 Å². The lowest BCUT2D eigenvalue weighted by Crippen LogP contribution is -2.47. The van der Waals surface area contributed by atoms with Crippen molar-refractivity contribution in [3.05, 3.63) is 65.2 Å². The summed E-state index contributed by atoms with van der Waals surface area (Å²) in [6.45, 7) is 6.77. The number of hydrogen-bond donors (Lipinski definition) is 0. The highest BCUT2D eigenvalue weighted by Gasteiger charge is 2.25. The quantitative estimate of drug-likeness (QED) is 0.566. The van der Waals surface area contributed by atoms with Crippen LogP contribution in [-0.2, 0) is 27.8 Å². The average Bonchev–Trinajstić information content (AvgIpc) is 2.85. The van der Waals surface area contributed by atoms with Crippen LogP contribution in [0.25, 0.3) is 0 Å². The van der Waals surface area contributed by atoms with Gasteiger partial charge in [-0.15, -0.1) is 0 Å². The molecule has 2 fully saturated rings. The lowest BCUT2D eigenvalue weighted by atomic mass is 10.0. The Kier molecular flexibility index (Phi) is 7.80. The molecular weight excluding hydrogens is 450 g/mol. The Balaban J connectivity index is 1.32. The summed E-state index contributed by atoms with van der Waals surface area (Å²) in [6.07, 6.45) is 3.12. The van der Waals surface area contributed by atoms with E-state index in [-0.39, 0.29) is 18.1 Å². The first kappa shape index (κ1) is 24.6. The zero-order valence-electron chi connectivity index (χ0n) is 19.8. The van der Waals surface area contributed by atoms with Crippen molar-refractivity contribution in [1.29, 1.82) is 0 Å². The third kappa shape index (κ3) is 5.92. The zero-order chi connectivity index (χ0) is 24.1. The maximum absolute atomic E-state index is 12.8. The van der Waals surface area contributed by atoms with Crippen molar-refractivity contribution in [3.8, 4) is 0 Å². The van der Waals surface area contributed by atoms with E-state index in [9.17, 15) is 18.0 Å². The minimum Gasteiger partial charge on any atom is -0.340 e. The van der Waals surface area contributed by atoms with Gasteiger partial charge in [-0.1, -0.05) is 42.8 Å².